The number of rotatable bonds is 14. The zero-order valence-corrected chi connectivity index (χ0v) is 27.7. The Morgan fingerprint density at radius 3 is 2.28 bits per heavy atom. The molecule has 0 spiro atoms. The van der Waals surface area contributed by atoms with Gasteiger partial charge in [0.25, 0.3) is 0 Å². The summed E-state index contributed by atoms with van der Waals surface area (Å²) in [4.78, 5) is 41.5. The lowest BCUT2D eigenvalue weighted by Gasteiger charge is -2.47. The van der Waals surface area contributed by atoms with Crippen molar-refractivity contribution in [3.05, 3.63) is 35.9 Å². The van der Waals surface area contributed by atoms with Crippen LogP contribution >= 0.6 is 0 Å². The van der Waals surface area contributed by atoms with Gasteiger partial charge in [-0.2, -0.15) is 0 Å². The summed E-state index contributed by atoms with van der Waals surface area (Å²) in [6.07, 6.45) is 5.44. The van der Waals surface area contributed by atoms with E-state index < -0.39 is 18.2 Å². The number of aliphatic hydroxyl groups excluding tert-OH is 1. The number of carbonyl (C=O) groups is 3. The Bertz CT molecular complexity index is 1040. The van der Waals surface area contributed by atoms with Gasteiger partial charge in [-0.25, -0.2) is 0 Å². The number of nitrogens with one attached hydrogen (secondary N) is 3. The fourth-order valence-electron chi connectivity index (χ4n) is 6.90. The van der Waals surface area contributed by atoms with E-state index in [-0.39, 0.29) is 35.1 Å². The summed E-state index contributed by atoms with van der Waals surface area (Å²) in [5, 5.41) is 21.6. The second-order valence-electron chi connectivity index (χ2n) is 14.8. The molecule has 1 aromatic rings. The molecular weight excluding hydrogens is 540 g/mol. The Hall–Kier alpha value is -2.29. The summed E-state index contributed by atoms with van der Waals surface area (Å²) in [6.45, 7) is 15.4. The van der Waals surface area contributed by atoms with Crippen molar-refractivity contribution in [1.29, 1.82) is 0 Å². The van der Waals surface area contributed by atoms with E-state index in [2.05, 4.69) is 34.7 Å². The number of fused-ring (bicyclic) bond motifs is 1. The summed E-state index contributed by atoms with van der Waals surface area (Å²) in [6, 6.07) is 8.47. The molecule has 1 aliphatic carbocycles. The van der Waals surface area contributed by atoms with Crippen LogP contribution < -0.4 is 16.0 Å². The maximum Gasteiger partial charge on any atom is 0.237 e. The smallest absolute Gasteiger partial charge is 0.237 e. The van der Waals surface area contributed by atoms with Crippen molar-refractivity contribution in [1.82, 2.24) is 20.9 Å². The SMILES string of the molecule is CC(=O)CC(C)[C@H](NCC(C)C)C(=O)N[C@@H](Cc1ccccc1)[C@H](O)CN1CC2CCCCC2C[C@H]1C(=O)NC(C)(C)C. The third-order valence-corrected chi connectivity index (χ3v) is 9.02. The molecule has 2 amide bonds. The molecule has 1 saturated carbocycles. The van der Waals surface area contributed by atoms with Gasteiger partial charge in [0.2, 0.25) is 11.8 Å². The molecule has 3 rings (SSSR count). The molecular formula is C35H58N4O4. The van der Waals surface area contributed by atoms with E-state index in [1.807, 2.05) is 58.0 Å². The van der Waals surface area contributed by atoms with Crippen LogP contribution in [0.4, 0.5) is 0 Å². The minimum Gasteiger partial charge on any atom is -0.390 e. The van der Waals surface area contributed by atoms with Crippen molar-refractivity contribution >= 4 is 17.6 Å². The van der Waals surface area contributed by atoms with Crippen molar-refractivity contribution in [2.45, 2.75) is 123 Å². The molecule has 1 heterocycles. The first-order valence-corrected chi connectivity index (χ1v) is 16.5. The van der Waals surface area contributed by atoms with Crippen molar-refractivity contribution < 1.29 is 19.5 Å². The van der Waals surface area contributed by atoms with Crippen LogP contribution in [0, 0.1) is 23.7 Å². The molecule has 43 heavy (non-hydrogen) atoms. The van der Waals surface area contributed by atoms with Crippen LogP contribution in [-0.4, -0.2) is 77.0 Å². The quantitative estimate of drug-likeness (QED) is 0.257. The lowest BCUT2D eigenvalue weighted by molar-refractivity contribution is -0.133. The number of aliphatic hydroxyl groups is 1. The molecule has 3 unspecified atom stereocenters. The Balaban J connectivity index is 1.84. The van der Waals surface area contributed by atoms with E-state index in [0.717, 1.165) is 31.4 Å². The number of likely N-dealkylation sites (tertiary alicyclic amines) is 1. The Kier molecular flexibility index (Phi) is 13.2. The first-order chi connectivity index (χ1) is 20.2. The predicted molar refractivity (Wildman–Crippen MR) is 172 cm³/mol. The van der Waals surface area contributed by atoms with Crippen LogP contribution in [0.1, 0.15) is 92.6 Å². The van der Waals surface area contributed by atoms with Crippen LogP contribution in [0.2, 0.25) is 0 Å². The number of piperidine rings is 1. The third kappa shape index (κ3) is 11.3. The summed E-state index contributed by atoms with van der Waals surface area (Å²) < 4.78 is 0. The van der Waals surface area contributed by atoms with Crippen molar-refractivity contribution in [2.24, 2.45) is 23.7 Å². The summed E-state index contributed by atoms with van der Waals surface area (Å²) in [5.41, 5.74) is 0.673. The molecule has 1 aliphatic heterocycles. The zero-order valence-electron chi connectivity index (χ0n) is 27.7. The van der Waals surface area contributed by atoms with Gasteiger partial charge in [-0.15, -0.1) is 0 Å². The van der Waals surface area contributed by atoms with E-state index >= 15 is 0 Å². The van der Waals surface area contributed by atoms with Crippen LogP contribution in [0.3, 0.4) is 0 Å². The molecule has 8 nitrogen and oxygen atoms in total. The molecule has 4 N–H and O–H groups in total. The van der Waals surface area contributed by atoms with Crippen molar-refractivity contribution in [3.8, 4) is 0 Å². The minimum absolute atomic E-state index is 0.0170. The molecule has 1 saturated heterocycles. The number of nitrogens with zero attached hydrogens (tertiary/aromatic N) is 1. The monoisotopic (exact) mass is 598 g/mol. The van der Waals surface area contributed by atoms with Crippen LogP contribution in [0.25, 0.3) is 0 Å². The topological polar surface area (TPSA) is 111 Å². The zero-order chi connectivity index (χ0) is 31.7. The Morgan fingerprint density at radius 1 is 1.02 bits per heavy atom. The first-order valence-electron chi connectivity index (χ1n) is 16.5. The van der Waals surface area contributed by atoms with Crippen LogP contribution in [0.5, 0.6) is 0 Å². The van der Waals surface area contributed by atoms with E-state index in [0.29, 0.717) is 43.7 Å². The standard InChI is InChI=1S/C35H58N4O4/c1-23(2)20-36-32(24(3)17-25(4)40)34(43)37-29(18-26-13-9-8-10-14-26)31(41)22-39-21-28-16-12-11-15-27(28)19-30(39)33(42)38-35(5,6)7/h8-10,13-14,23-24,27-32,36,41H,11-12,15-22H2,1-7H3,(H,37,43)(H,38,42)/t24?,27?,28?,29-,30-,31+,32-/m0/s1. The second kappa shape index (κ2) is 16.1. The number of amides is 2. The molecule has 7 atom stereocenters. The average Bonchev–Trinajstić information content (AvgIpc) is 2.91. The normalized spacial score (nSPS) is 24.0. The molecule has 8 heteroatoms. The maximum atomic E-state index is 13.8. The molecule has 2 aliphatic rings. The van der Waals surface area contributed by atoms with Crippen LogP contribution in [0.15, 0.2) is 30.3 Å². The highest BCUT2D eigenvalue weighted by Gasteiger charge is 2.42. The van der Waals surface area contributed by atoms with Crippen molar-refractivity contribution in [3.63, 3.8) is 0 Å². The van der Waals surface area contributed by atoms with Gasteiger partial charge in [0.05, 0.1) is 24.2 Å². The largest absolute Gasteiger partial charge is 0.390 e. The number of ketones is 1. The van der Waals surface area contributed by atoms with E-state index in [1.165, 1.54) is 12.8 Å². The Morgan fingerprint density at radius 2 is 1.67 bits per heavy atom. The summed E-state index contributed by atoms with van der Waals surface area (Å²) >= 11 is 0. The van der Waals surface area contributed by atoms with Crippen LogP contribution in [-0.2, 0) is 20.8 Å². The average molecular weight is 599 g/mol. The van der Waals surface area contributed by atoms with E-state index in [4.69, 9.17) is 0 Å². The Labute approximate surface area is 260 Å². The summed E-state index contributed by atoms with van der Waals surface area (Å²) in [7, 11) is 0. The van der Waals surface area contributed by atoms with Gasteiger partial charge in [-0.3, -0.25) is 14.5 Å². The fraction of sp³-hybridized carbons (Fsp3) is 0.743. The van der Waals surface area contributed by atoms with Gasteiger partial charge >= 0.3 is 0 Å². The number of hydrogen-bond acceptors (Lipinski definition) is 6. The highest BCUT2D eigenvalue weighted by Crippen LogP contribution is 2.39. The van der Waals surface area contributed by atoms with Crippen molar-refractivity contribution in [2.75, 3.05) is 19.6 Å². The molecule has 2 fully saturated rings. The van der Waals surface area contributed by atoms with Gasteiger partial charge in [-0.1, -0.05) is 70.4 Å². The number of Topliss-reactive ketones (excluding diaryl/α,β-unsaturated/α-hetero) is 1. The molecule has 0 aromatic heterocycles. The first kappa shape index (κ1) is 35.2. The number of benzene rings is 1. The number of carbonyl (C=O) groups excluding carboxylic acids is 3. The number of hydrogen-bond donors (Lipinski definition) is 4. The minimum atomic E-state index is -0.886. The van der Waals surface area contributed by atoms with Gasteiger partial charge in [0.1, 0.15) is 5.78 Å². The summed E-state index contributed by atoms with van der Waals surface area (Å²) in [5.74, 6) is 1.06. The highest BCUT2D eigenvalue weighted by atomic mass is 16.3. The van der Waals surface area contributed by atoms with Gasteiger partial charge in [0.15, 0.2) is 0 Å². The lowest BCUT2D eigenvalue weighted by atomic mass is 9.72. The molecule has 1 aromatic carbocycles. The van der Waals surface area contributed by atoms with E-state index in [1.54, 1.807) is 6.92 Å². The highest BCUT2D eigenvalue weighted by molar-refractivity contribution is 5.84. The van der Waals surface area contributed by atoms with Gasteiger partial charge < -0.3 is 25.9 Å². The molecule has 0 bridgehead atoms. The predicted octanol–water partition coefficient (Wildman–Crippen LogP) is 4.10. The fourth-order valence-corrected chi connectivity index (χ4v) is 6.90. The second-order valence-corrected chi connectivity index (χ2v) is 14.8. The maximum absolute atomic E-state index is 13.8. The van der Waals surface area contributed by atoms with Gasteiger partial charge in [-0.05, 0) is 82.7 Å². The number of β-amino-alcohol motifs (C(OH)–C–C–N with tert-alkyl or cyclic N) is 1. The van der Waals surface area contributed by atoms with Gasteiger partial charge in [0, 0.05) is 25.0 Å². The molecule has 242 valence electrons. The van der Waals surface area contributed by atoms with E-state index in [9.17, 15) is 19.5 Å². The lowest BCUT2D eigenvalue weighted by Crippen LogP contribution is -2.61. The molecule has 0 radical (unpaired) electrons. The third-order valence-electron chi connectivity index (χ3n) is 9.02.